The molecule has 0 fully saturated rings. The van der Waals surface area contributed by atoms with E-state index in [0.717, 1.165) is 66.3 Å². The van der Waals surface area contributed by atoms with Crippen molar-refractivity contribution in [3.05, 3.63) is 56.6 Å². The first-order valence-corrected chi connectivity index (χ1v) is 12.3. The molecule has 32 heavy (non-hydrogen) atoms. The number of hydrogen-bond acceptors (Lipinski definition) is 5. The molecule has 0 unspecified atom stereocenters. The molecule has 4 rings (SSSR count). The third kappa shape index (κ3) is 4.08. The summed E-state index contributed by atoms with van der Waals surface area (Å²) in [5.74, 6) is 0. The molecule has 168 valence electrons. The van der Waals surface area contributed by atoms with E-state index in [9.17, 15) is 23.6 Å². The Balaban J connectivity index is 1.65. The van der Waals surface area contributed by atoms with Crippen molar-refractivity contribution in [2.45, 2.75) is 62.9 Å². The minimum Gasteiger partial charge on any atom is -0.386 e. The van der Waals surface area contributed by atoms with Crippen molar-refractivity contribution in [2.75, 3.05) is 5.32 Å². The zero-order chi connectivity index (χ0) is 23.3. The van der Waals surface area contributed by atoms with Crippen LogP contribution in [-0.2, 0) is 41.3 Å². The zero-order valence-electron chi connectivity index (χ0n) is 17.9. The molecule has 2 amide bonds. The average molecular weight is 474 g/mol. The summed E-state index contributed by atoms with van der Waals surface area (Å²) in [6.07, 6.45) is 4.82. The molecule has 9 heteroatoms. The van der Waals surface area contributed by atoms with Gasteiger partial charge in [-0.1, -0.05) is 11.6 Å². The summed E-state index contributed by atoms with van der Waals surface area (Å²) in [6, 6.07) is 5.45. The largest absolute Gasteiger partial charge is 0.386 e. The molecule has 0 saturated carbocycles. The van der Waals surface area contributed by atoms with Crippen molar-refractivity contribution >= 4 is 33.3 Å². The number of hydrogen-bond donors (Lipinski definition) is 3. The smallest absolute Gasteiger partial charge is 0.333 e. The highest BCUT2D eigenvalue weighted by Gasteiger charge is 2.30. The number of sulfonamides is 1. The number of nitriles is 1. The number of fused-ring (bicyclic) bond motifs is 2. The predicted molar refractivity (Wildman–Crippen MR) is 121 cm³/mol. The highest BCUT2D eigenvalue weighted by Crippen LogP contribution is 2.41. The third-order valence-corrected chi connectivity index (χ3v) is 7.64. The number of carbonyl (C=O) groups is 1. The van der Waals surface area contributed by atoms with Gasteiger partial charge in [-0.3, -0.25) is 0 Å². The van der Waals surface area contributed by atoms with Gasteiger partial charge in [-0.25, -0.2) is 17.9 Å². The van der Waals surface area contributed by atoms with Gasteiger partial charge in [0.2, 0.25) is 0 Å². The van der Waals surface area contributed by atoms with Crippen LogP contribution in [0.15, 0.2) is 23.1 Å². The van der Waals surface area contributed by atoms with E-state index in [-0.39, 0.29) is 9.92 Å². The highest BCUT2D eigenvalue weighted by molar-refractivity contribution is 7.90. The third-order valence-electron chi connectivity index (χ3n) is 6.11. The monoisotopic (exact) mass is 473 g/mol. The minimum absolute atomic E-state index is 0.133. The van der Waals surface area contributed by atoms with Crippen molar-refractivity contribution in [2.24, 2.45) is 0 Å². The van der Waals surface area contributed by atoms with Crippen molar-refractivity contribution < 1.29 is 18.3 Å². The fourth-order valence-electron chi connectivity index (χ4n) is 4.63. The molecule has 7 nitrogen and oxygen atoms in total. The topological polar surface area (TPSA) is 119 Å². The number of rotatable bonds is 4. The fourth-order valence-corrected chi connectivity index (χ4v) is 5.91. The fraction of sp³-hybridized carbons (Fsp3) is 0.391. The second-order valence-corrected chi connectivity index (χ2v) is 10.9. The van der Waals surface area contributed by atoms with E-state index in [2.05, 4.69) is 16.1 Å². The summed E-state index contributed by atoms with van der Waals surface area (Å²) in [4.78, 5) is 12.6. The normalized spacial score (nSPS) is 15.1. The van der Waals surface area contributed by atoms with Gasteiger partial charge in [0.15, 0.2) is 0 Å². The van der Waals surface area contributed by atoms with Gasteiger partial charge in [0.1, 0.15) is 0 Å². The maximum absolute atomic E-state index is 12.9. The Morgan fingerprint density at radius 1 is 1.06 bits per heavy atom. The molecule has 0 spiro atoms. The number of urea groups is 1. The van der Waals surface area contributed by atoms with Gasteiger partial charge in [0.05, 0.1) is 22.1 Å². The van der Waals surface area contributed by atoms with Crippen molar-refractivity contribution in [1.29, 1.82) is 5.26 Å². The number of halogens is 1. The van der Waals surface area contributed by atoms with Crippen LogP contribution in [0.25, 0.3) is 0 Å². The lowest BCUT2D eigenvalue weighted by Gasteiger charge is -2.20. The quantitative estimate of drug-likeness (QED) is 0.621. The Hall–Kier alpha value is -2.60. The molecule has 0 heterocycles. The second-order valence-electron chi connectivity index (χ2n) is 8.78. The zero-order valence-corrected chi connectivity index (χ0v) is 19.5. The molecule has 0 bridgehead atoms. The van der Waals surface area contributed by atoms with Crippen LogP contribution in [0.1, 0.15) is 60.1 Å². The Kier molecular flexibility index (Phi) is 5.70. The van der Waals surface area contributed by atoms with Gasteiger partial charge in [-0.2, -0.15) is 5.26 Å². The standard InChI is InChI=1S/C23H24ClN3O4S/c1-23(2,29)13-9-14(24)11-15(10-13)32(30,31)27-22(28)26-21-18-7-3-5-16(18)20(12-25)17-6-4-8-19(17)21/h9-11,29H,3-8H2,1-2H3,(H2,26,27,28). The molecule has 0 radical (unpaired) electrons. The first-order valence-electron chi connectivity index (χ1n) is 10.5. The van der Waals surface area contributed by atoms with E-state index < -0.39 is 21.7 Å². The number of carbonyl (C=O) groups excluding carboxylic acids is 1. The van der Waals surface area contributed by atoms with E-state index in [4.69, 9.17) is 11.6 Å². The molecule has 0 saturated heterocycles. The van der Waals surface area contributed by atoms with E-state index in [1.54, 1.807) is 0 Å². The lowest BCUT2D eigenvalue weighted by atomic mass is 9.93. The van der Waals surface area contributed by atoms with Gasteiger partial charge >= 0.3 is 6.03 Å². The van der Waals surface area contributed by atoms with Crippen molar-refractivity contribution in [1.82, 2.24) is 4.72 Å². The molecule has 2 aliphatic rings. The SMILES string of the molecule is CC(C)(O)c1cc(Cl)cc(S(=O)(=O)NC(=O)Nc2c3c(c(C#N)c4c2CCC4)CCC3)c1. The molecule has 2 aromatic carbocycles. The molecule has 0 atom stereocenters. The average Bonchev–Trinajstić information content (AvgIpc) is 3.36. The molecule has 2 aromatic rings. The van der Waals surface area contributed by atoms with Crippen LogP contribution < -0.4 is 10.0 Å². The number of benzene rings is 2. The van der Waals surface area contributed by atoms with Gasteiger partial charge in [0.25, 0.3) is 10.0 Å². The number of aliphatic hydroxyl groups is 1. The van der Waals surface area contributed by atoms with E-state index in [1.165, 1.54) is 32.0 Å². The maximum atomic E-state index is 12.9. The molecular formula is C23H24ClN3O4S. The van der Waals surface area contributed by atoms with Crippen LogP contribution in [0, 0.1) is 11.3 Å². The van der Waals surface area contributed by atoms with Crippen LogP contribution in [0.4, 0.5) is 10.5 Å². The van der Waals surface area contributed by atoms with Gasteiger partial charge in [-0.05, 0) is 98.4 Å². The van der Waals surface area contributed by atoms with Crippen LogP contribution in [-0.4, -0.2) is 19.6 Å². The summed E-state index contributed by atoms with van der Waals surface area (Å²) in [5.41, 5.74) is 4.17. The number of nitrogens with one attached hydrogen (secondary N) is 2. The number of anilines is 1. The summed E-state index contributed by atoms with van der Waals surface area (Å²) < 4.78 is 27.8. The maximum Gasteiger partial charge on any atom is 0.333 e. The van der Waals surface area contributed by atoms with Gasteiger partial charge in [0, 0.05) is 10.7 Å². The summed E-state index contributed by atoms with van der Waals surface area (Å²) in [6.45, 7) is 3.03. The summed E-state index contributed by atoms with van der Waals surface area (Å²) in [5, 5.41) is 22.8. The predicted octanol–water partition coefficient (Wildman–Crippen LogP) is 3.93. The van der Waals surface area contributed by atoms with E-state index >= 15 is 0 Å². The summed E-state index contributed by atoms with van der Waals surface area (Å²) in [7, 11) is -4.24. The molecule has 0 aromatic heterocycles. The Labute approximate surface area is 192 Å². The molecule has 3 N–H and O–H groups in total. The van der Waals surface area contributed by atoms with Gasteiger partial charge in [-0.15, -0.1) is 0 Å². The molecular weight excluding hydrogens is 450 g/mol. The van der Waals surface area contributed by atoms with E-state index in [0.29, 0.717) is 11.3 Å². The molecule has 0 aliphatic heterocycles. The Bertz CT molecular complexity index is 1240. The first kappa shape index (κ1) is 22.6. The first-order chi connectivity index (χ1) is 15.0. The number of nitrogens with zero attached hydrogens (tertiary/aromatic N) is 1. The minimum atomic E-state index is -4.24. The lowest BCUT2D eigenvalue weighted by Crippen LogP contribution is -2.35. The molecule has 2 aliphatic carbocycles. The highest BCUT2D eigenvalue weighted by atomic mass is 35.5. The van der Waals surface area contributed by atoms with Crippen molar-refractivity contribution in [3.63, 3.8) is 0 Å². The van der Waals surface area contributed by atoms with E-state index in [1.807, 2.05) is 0 Å². The van der Waals surface area contributed by atoms with Crippen molar-refractivity contribution in [3.8, 4) is 6.07 Å². The van der Waals surface area contributed by atoms with Crippen LogP contribution in [0.5, 0.6) is 0 Å². The number of amides is 2. The van der Waals surface area contributed by atoms with Crippen LogP contribution >= 0.6 is 11.6 Å². The lowest BCUT2D eigenvalue weighted by molar-refractivity contribution is 0.0784. The summed E-state index contributed by atoms with van der Waals surface area (Å²) >= 11 is 6.05. The Morgan fingerprint density at radius 2 is 1.62 bits per heavy atom. The van der Waals surface area contributed by atoms with Crippen LogP contribution in [0.3, 0.4) is 0 Å². The van der Waals surface area contributed by atoms with Crippen LogP contribution in [0.2, 0.25) is 5.02 Å². The van der Waals surface area contributed by atoms with Gasteiger partial charge < -0.3 is 10.4 Å². The Morgan fingerprint density at radius 3 is 2.16 bits per heavy atom. The second kappa shape index (κ2) is 8.07.